The van der Waals surface area contributed by atoms with Crippen molar-refractivity contribution in [1.29, 1.82) is 0 Å². The highest BCUT2D eigenvalue weighted by molar-refractivity contribution is 5.94. The lowest BCUT2D eigenvalue weighted by atomic mass is 10.1. The Kier molecular flexibility index (Phi) is 5.62. The number of rotatable bonds is 4. The third-order valence-electron chi connectivity index (χ3n) is 5.10. The van der Waals surface area contributed by atoms with Gasteiger partial charge in [-0.1, -0.05) is 30.0 Å². The average Bonchev–Trinajstić information content (AvgIpc) is 3.15. The van der Waals surface area contributed by atoms with Gasteiger partial charge in [-0.25, -0.2) is 0 Å². The molecule has 29 heavy (non-hydrogen) atoms. The van der Waals surface area contributed by atoms with Gasteiger partial charge in [-0.3, -0.25) is 9.59 Å². The van der Waals surface area contributed by atoms with Crippen molar-refractivity contribution in [3.63, 3.8) is 0 Å². The SMILES string of the molecule is O=C(Cn1ccc2ccccc21)NCC#Cc1ccc(N2CCCCC2=O)cc1. The highest BCUT2D eigenvalue weighted by Crippen LogP contribution is 2.21. The summed E-state index contributed by atoms with van der Waals surface area (Å²) in [6.45, 7) is 1.35. The van der Waals surface area contributed by atoms with E-state index < -0.39 is 0 Å². The summed E-state index contributed by atoms with van der Waals surface area (Å²) in [5.41, 5.74) is 2.83. The monoisotopic (exact) mass is 385 g/mol. The van der Waals surface area contributed by atoms with Crippen LogP contribution < -0.4 is 10.2 Å². The zero-order chi connectivity index (χ0) is 20.1. The molecule has 0 unspecified atom stereocenters. The number of aromatic nitrogens is 1. The Morgan fingerprint density at radius 2 is 1.86 bits per heavy atom. The van der Waals surface area contributed by atoms with E-state index in [1.165, 1.54) is 0 Å². The van der Waals surface area contributed by atoms with Crippen LogP contribution in [0.5, 0.6) is 0 Å². The number of nitrogens with one attached hydrogen (secondary N) is 1. The van der Waals surface area contributed by atoms with Crippen molar-refractivity contribution in [3.05, 3.63) is 66.4 Å². The maximum atomic E-state index is 12.2. The summed E-state index contributed by atoms with van der Waals surface area (Å²) in [7, 11) is 0. The summed E-state index contributed by atoms with van der Waals surface area (Å²) < 4.78 is 1.93. The first-order valence-electron chi connectivity index (χ1n) is 9.90. The molecule has 0 aliphatic carbocycles. The van der Waals surface area contributed by atoms with E-state index in [0.717, 1.165) is 41.5 Å². The average molecular weight is 385 g/mol. The highest BCUT2D eigenvalue weighted by atomic mass is 16.2. The van der Waals surface area contributed by atoms with Crippen LogP contribution >= 0.6 is 0 Å². The Morgan fingerprint density at radius 3 is 2.69 bits per heavy atom. The number of carbonyl (C=O) groups excluding carboxylic acids is 2. The number of piperidine rings is 1. The summed E-state index contributed by atoms with van der Waals surface area (Å²) >= 11 is 0. The molecule has 3 aromatic rings. The third-order valence-corrected chi connectivity index (χ3v) is 5.10. The minimum absolute atomic E-state index is 0.0698. The Labute approximate surface area is 170 Å². The first-order valence-corrected chi connectivity index (χ1v) is 9.90. The fourth-order valence-electron chi connectivity index (χ4n) is 3.58. The number of benzene rings is 2. The Hall–Kier alpha value is -3.52. The molecular weight excluding hydrogens is 362 g/mol. The van der Waals surface area contributed by atoms with Crippen LogP contribution in [-0.2, 0) is 16.1 Å². The molecule has 1 N–H and O–H groups in total. The smallest absolute Gasteiger partial charge is 0.240 e. The number of carbonyl (C=O) groups is 2. The number of hydrogen-bond acceptors (Lipinski definition) is 2. The van der Waals surface area contributed by atoms with Crippen molar-refractivity contribution in [2.75, 3.05) is 18.0 Å². The minimum atomic E-state index is -0.0698. The van der Waals surface area contributed by atoms with Gasteiger partial charge in [-0.05, 0) is 54.6 Å². The Balaban J connectivity index is 1.29. The van der Waals surface area contributed by atoms with Crippen molar-refractivity contribution in [2.24, 2.45) is 0 Å². The molecule has 4 rings (SSSR count). The van der Waals surface area contributed by atoms with Crippen molar-refractivity contribution in [1.82, 2.24) is 9.88 Å². The standard InChI is InChI=1S/C24H23N3O2/c28-23(18-26-17-14-20-7-1-2-8-22(20)26)25-15-5-6-19-10-12-21(13-11-19)27-16-4-3-9-24(27)29/h1-2,7-8,10-14,17H,3-4,9,15-16,18H2,(H,25,28). The second-order valence-corrected chi connectivity index (χ2v) is 7.13. The van der Waals surface area contributed by atoms with Crippen LogP contribution in [0.4, 0.5) is 5.69 Å². The second-order valence-electron chi connectivity index (χ2n) is 7.13. The van der Waals surface area contributed by atoms with Gasteiger partial charge in [-0.2, -0.15) is 0 Å². The zero-order valence-corrected chi connectivity index (χ0v) is 16.2. The van der Waals surface area contributed by atoms with E-state index in [-0.39, 0.29) is 18.4 Å². The van der Waals surface area contributed by atoms with Crippen LogP contribution in [0, 0.1) is 11.8 Å². The first-order chi connectivity index (χ1) is 14.2. The van der Waals surface area contributed by atoms with Crippen molar-refractivity contribution >= 4 is 28.4 Å². The van der Waals surface area contributed by atoms with Crippen LogP contribution in [0.2, 0.25) is 0 Å². The molecule has 0 bridgehead atoms. The molecule has 0 atom stereocenters. The van der Waals surface area contributed by atoms with E-state index >= 15 is 0 Å². The summed E-state index contributed by atoms with van der Waals surface area (Å²) in [5.74, 6) is 6.16. The Bertz CT molecular complexity index is 1090. The van der Waals surface area contributed by atoms with Gasteiger partial charge in [-0.15, -0.1) is 0 Å². The number of anilines is 1. The number of para-hydroxylation sites is 1. The second kappa shape index (κ2) is 8.66. The zero-order valence-electron chi connectivity index (χ0n) is 16.2. The summed E-state index contributed by atoms with van der Waals surface area (Å²) in [6.07, 6.45) is 4.57. The van der Waals surface area contributed by atoms with Gasteiger partial charge >= 0.3 is 0 Å². The van der Waals surface area contributed by atoms with Gasteiger partial charge in [0.2, 0.25) is 11.8 Å². The fourth-order valence-corrected chi connectivity index (χ4v) is 3.58. The number of fused-ring (bicyclic) bond motifs is 1. The molecule has 5 nitrogen and oxygen atoms in total. The molecule has 1 aromatic heterocycles. The molecule has 0 radical (unpaired) electrons. The van der Waals surface area contributed by atoms with Gasteiger partial charge in [0, 0.05) is 35.9 Å². The lowest BCUT2D eigenvalue weighted by Gasteiger charge is -2.26. The number of nitrogens with zero attached hydrogens (tertiary/aromatic N) is 2. The van der Waals surface area contributed by atoms with Gasteiger partial charge in [0.05, 0.1) is 6.54 Å². The predicted molar refractivity (Wildman–Crippen MR) is 114 cm³/mol. The molecule has 1 aliphatic rings. The highest BCUT2D eigenvalue weighted by Gasteiger charge is 2.19. The molecule has 1 fully saturated rings. The molecule has 146 valence electrons. The molecule has 0 spiro atoms. The van der Waals surface area contributed by atoms with Crippen LogP contribution in [0.25, 0.3) is 10.9 Å². The van der Waals surface area contributed by atoms with E-state index in [1.807, 2.05) is 70.3 Å². The third kappa shape index (κ3) is 4.49. The summed E-state index contributed by atoms with van der Waals surface area (Å²) in [5, 5.41) is 3.96. The lowest BCUT2D eigenvalue weighted by molar-refractivity contribution is -0.121. The van der Waals surface area contributed by atoms with Crippen LogP contribution in [0.15, 0.2) is 60.8 Å². The minimum Gasteiger partial charge on any atom is -0.344 e. The van der Waals surface area contributed by atoms with Crippen LogP contribution in [0.1, 0.15) is 24.8 Å². The van der Waals surface area contributed by atoms with Crippen LogP contribution in [-0.4, -0.2) is 29.5 Å². The quantitative estimate of drug-likeness (QED) is 0.701. The molecule has 5 heteroatoms. The topological polar surface area (TPSA) is 54.3 Å². The molecule has 1 aliphatic heterocycles. The maximum Gasteiger partial charge on any atom is 0.240 e. The molecular formula is C24H23N3O2. The molecule has 2 heterocycles. The number of amides is 2. The summed E-state index contributed by atoms with van der Waals surface area (Å²) in [6, 6.07) is 17.7. The van der Waals surface area contributed by atoms with Crippen molar-refractivity contribution in [3.8, 4) is 11.8 Å². The van der Waals surface area contributed by atoms with Crippen LogP contribution in [0.3, 0.4) is 0 Å². The largest absolute Gasteiger partial charge is 0.344 e. The van der Waals surface area contributed by atoms with Gasteiger partial charge < -0.3 is 14.8 Å². The first kappa shape index (κ1) is 18.8. The fraction of sp³-hybridized carbons (Fsp3) is 0.250. The van der Waals surface area contributed by atoms with Gasteiger partial charge in [0.25, 0.3) is 0 Å². The van der Waals surface area contributed by atoms with Gasteiger partial charge in [0.15, 0.2) is 0 Å². The van der Waals surface area contributed by atoms with E-state index in [2.05, 4.69) is 17.2 Å². The molecule has 2 amide bonds. The summed E-state index contributed by atoms with van der Waals surface area (Å²) in [4.78, 5) is 26.0. The number of hydrogen-bond donors (Lipinski definition) is 1. The molecule has 1 saturated heterocycles. The maximum absolute atomic E-state index is 12.2. The van der Waals surface area contributed by atoms with Gasteiger partial charge in [0.1, 0.15) is 6.54 Å². The Morgan fingerprint density at radius 1 is 1.03 bits per heavy atom. The van der Waals surface area contributed by atoms with E-state index in [9.17, 15) is 9.59 Å². The normalized spacial score (nSPS) is 13.8. The molecule has 0 saturated carbocycles. The van der Waals surface area contributed by atoms with Crippen molar-refractivity contribution < 1.29 is 9.59 Å². The lowest BCUT2D eigenvalue weighted by Crippen LogP contribution is -2.35. The molecule has 2 aromatic carbocycles. The van der Waals surface area contributed by atoms with E-state index in [1.54, 1.807) is 0 Å². The van der Waals surface area contributed by atoms with E-state index in [4.69, 9.17) is 0 Å². The van der Waals surface area contributed by atoms with E-state index in [0.29, 0.717) is 13.0 Å². The predicted octanol–water partition coefficient (Wildman–Crippen LogP) is 3.33. The van der Waals surface area contributed by atoms with Crippen molar-refractivity contribution in [2.45, 2.75) is 25.8 Å².